The van der Waals surface area contributed by atoms with Gasteiger partial charge < -0.3 is 5.11 Å². The lowest BCUT2D eigenvalue weighted by Crippen LogP contribution is -2.35. The summed E-state index contributed by atoms with van der Waals surface area (Å²) in [6.07, 6.45) is 7.01. The van der Waals surface area contributed by atoms with E-state index in [2.05, 4.69) is 130 Å². The molecule has 0 amide bonds. The number of ketones is 1. The molecule has 0 spiro atoms. The van der Waals surface area contributed by atoms with Gasteiger partial charge in [-0.1, -0.05) is 86.2 Å². The van der Waals surface area contributed by atoms with E-state index in [1.165, 1.54) is 15.9 Å². The first kappa shape index (κ1) is 26.0. The molecule has 0 aliphatic heterocycles. The molecule has 0 aromatic heterocycles. The molecule has 184 valence electrons. The molecule has 36 heavy (non-hydrogen) atoms. The zero-order valence-electron chi connectivity index (χ0n) is 21.7. The van der Waals surface area contributed by atoms with Gasteiger partial charge in [0.2, 0.25) is 0 Å². The predicted octanol–water partition coefficient (Wildman–Crippen LogP) is 6.16. The smallest absolute Gasteiger partial charge is 0.187 e. The lowest BCUT2D eigenvalue weighted by molar-refractivity contribution is -0.125. The Morgan fingerprint density at radius 2 is 1.33 bits per heavy atom. The van der Waals surface area contributed by atoms with Crippen LogP contribution in [0.25, 0.3) is 0 Å². The first-order valence-corrected chi connectivity index (χ1v) is 14.6. The number of Topliss-reactive ketones (excluding diaryl/α,β-unsaturated/α-hetero) is 1. The Hall–Kier alpha value is -3.06. The van der Waals surface area contributed by atoms with Crippen molar-refractivity contribution < 1.29 is 9.90 Å². The van der Waals surface area contributed by atoms with Gasteiger partial charge in [0, 0.05) is 0 Å². The van der Waals surface area contributed by atoms with E-state index in [1.807, 2.05) is 6.92 Å². The van der Waals surface area contributed by atoms with Gasteiger partial charge in [0.05, 0.1) is 6.16 Å². The number of carbonyl (C=O) groups is 1. The summed E-state index contributed by atoms with van der Waals surface area (Å²) in [7, 11) is -1.93. The van der Waals surface area contributed by atoms with Crippen LogP contribution < -0.4 is 15.9 Å². The molecule has 4 rings (SSSR count). The van der Waals surface area contributed by atoms with Gasteiger partial charge in [-0.2, -0.15) is 0 Å². The lowest BCUT2D eigenvalue weighted by Gasteiger charge is -2.34. The van der Waals surface area contributed by atoms with E-state index in [0.717, 1.165) is 17.3 Å². The van der Waals surface area contributed by atoms with Crippen LogP contribution in [-0.4, -0.2) is 23.2 Å². The van der Waals surface area contributed by atoms with E-state index in [-0.39, 0.29) is 11.2 Å². The summed E-state index contributed by atoms with van der Waals surface area (Å²) in [5, 5.41) is 14.3. The predicted molar refractivity (Wildman–Crippen MR) is 155 cm³/mol. The molecule has 1 aliphatic rings. The van der Waals surface area contributed by atoms with Gasteiger partial charge in [-0.3, -0.25) is 4.79 Å². The molecule has 0 radical (unpaired) electrons. The SMILES string of the molecule is CC1=C(/C=C/C(C)=C/C[P+](c2ccccc2)(c2ccccc2)c2ccccc2)C(C)(C)C[C@H](O)C1=O. The summed E-state index contributed by atoms with van der Waals surface area (Å²) >= 11 is 0. The number of hydrogen-bond acceptors (Lipinski definition) is 2. The van der Waals surface area contributed by atoms with Crippen molar-refractivity contribution in [3.8, 4) is 0 Å². The molecule has 0 fully saturated rings. The summed E-state index contributed by atoms with van der Waals surface area (Å²) in [6, 6.07) is 32.7. The summed E-state index contributed by atoms with van der Waals surface area (Å²) in [4.78, 5) is 12.4. The Morgan fingerprint density at radius 1 is 0.889 bits per heavy atom. The number of carbonyl (C=O) groups excluding carboxylic acids is 1. The highest BCUT2D eigenvalue weighted by molar-refractivity contribution is 7.95. The molecule has 1 aliphatic carbocycles. The van der Waals surface area contributed by atoms with Crippen LogP contribution in [-0.2, 0) is 4.79 Å². The number of rotatable bonds is 7. The van der Waals surface area contributed by atoms with Crippen molar-refractivity contribution in [2.75, 3.05) is 6.16 Å². The quantitative estimate of drug-likeness (QED) is 0.315. The van der Waals surface area contributed by atoms with Crippen molar-refractivity contribution in [3.05, 3.63) is 126 Å². The molecule has 3 aromatic carbocycles. The van der Waals surface area contributed by atoms with Crippen LogP contribution in [0, 0.1) is 5.41 Å². The summed E-state index contributed by atoms with van der Waals surface area (Å²) in [5.41, 5.74) is 2.60. The van der Waals surface area contributed by atoms with Crippen LogP contribution >= 0.6 is 7.26 Å². The number of aliphatic hydroxyl groups is 1. The minimum atomic E-state index is -1.93. The van der Waals surface area contributed by atoms with Crippen molar-refractivity contribution >= 4 is 29.0 Å². The number of benzene rings is 3. The Labute approximate surface area is 216 Å². The second-order valence-corrected chi connectivity index (χ2v) is 13.8. The zero-order valence-corrected chi connectivity index (χ0v) is 22.6. The van der Waals surface area contributed by atoms with Crippen molar-refractivity contribution in [2.24, 2.45) is 5.41 Å². The van der Waals surface area contributed by atoms with E-state index in [1.54, 1.807) is 0 Å². The monoisotopic (exact) mass is 495 g/mol. The maximum atomic E-state index is 12.4. The van der Waals surface area contributed by atoms with E-state index in [0.29, 0.717) is 12.0 Å². The molecular weight excluding hydrogens is 459 g/mol. The zero-order chi connectivity index (χ0) is 25.8. The molecular formula is C33H36O2P+. The standard InChI is InChI=1S/C33H36O2P/c1-25(20-21-30-26(2)32(35)31(34)24-33(30,3)4)22-23-36(27-14-8-5-9-15-27,28-16-10-6-11-17-28)29-18-12-7-13-19-29/h5-22,31,34H,23-24H2,1-4H3/q+1/b21-20+,25-22+/t31-/m0/s1. The van der Waals surface area contributed by atoms with Crippen LogP contribution in [0.5, 0.6) is 0 Å². The number of aliphatic hydroxyl groups excluding tert-OH is 1. The highest BCUT2D eigenvalue weighted by Gasteiger charge is 2.44. The van der Waals surface area contributed by atoms with Crippen molar-refractivity contribution in [1.29, 1.82) is 0 Å². The first-order valence-electron chi connectivity index (χ1n) is 12.6. The maximum Gasteiger partial charge on any atom is 0.187 e. The third-order valence-corrected chi connectivity index (χ3v) is 11.6. The summed E-state index contributed by atoms with van der Waals surface area (Å²) < 4.78 is 0. The first-order chi connectivity index (χ1) is 17.3. The topological polar surface area (TPSA) is 37.3 Å². The van der Waals surface area contributed by atoms with Crippen LogP contribution in [0.1, 0.15) is 34.1 Å². The van der Waals surface area contributed by atoms with Gasteiger partial charge in [-0.25, -0.2) is 0 Å². The van der Waals surface area contributed by atoms with E-state index in [4.69, 9.17) is 0 Å². The highest BCUT2D eigenvalue weighted by atomic mass is 31.2. The maximum absolute atomic E-state index is 12.4. The van der Waals surface area contributed by atoms with Gasteiger partial charge in [-0.15, -0.1) is 0 Å². The summed E-state index contributed by atoms with van der Waals surface area (Å²) in [5.74, 6) is -0.155. The minimum Gasteiger partial charge on any atom is -0.385 e. The average molecular weight is 496 g/mol. The molecule has 0 saturated carbocycles. The fourth-order valence-electron chi connectivity index (χ4n) is 5.30. The number of hydrogen-bond donors (Lipinski definition) is 1. The molecule has 2 nitrogen and oxygen atoms in total. The van der Waals surface area contributed by atoms with E-state index < -0.39 is 13.4 Å². The minimum absolute atomic E-state index is 0.155. The Kier molecular flexibility index (Phi) is 7.88. The molecule has 1 atom stereocenters. The van der Waals surface area contributed by atoms with Gasteiger partial charge in [0.25, 0.3) is 0 Å². The van der Waals surface area contributed by atoms with Gasteiger partial charge in [0.15, 0.2) is 5.78 Å². The normalized spacial score (nSPS) is 18.6. The molecule has 0 unspecified atom stereocenters. The van der Waals surface area contributed by atoms with Crippen LogP contribution in [0.4, 0.5) is 0 Å². The van der Waals surface area contributed by atoms with Gasteiger partial charge in [-0.05, 0) is 79.3 Å². The molecule has 0 saturated heterocycles. The Balaban J connectivity index is 1.77. The largest absolute Gasteiger partial charge is 0.385 e. The molecule has 1 N–H and O–H groups in total. The van der Waals surface area contributed by atoms with Crippen molar-refractivity contribution in [2.45, 2.75) is 40.2 Å². The van der Waals surface area contributed by atoms with Crippen LogP contribution in [0.15, 0.2) is 126 Å². The van der Waals surface area contributed by atoms with E-state index in [9.17, 15) is 9.90 Å². The third-order valence-electron chi connectivity index (χ3n) is 7.30. The highest BCUT2D eigenvalue weighted by Crippen LogP contribution is 2.55. The van der Waals surface area contributed by atoms with Gasteiger partial charge in [0.1, 0.15) is 29.3 Å². The number of allylic oxidation sites excluding steroid dienone is 5. The lowest BCUT2D eigenvalue weighted by atomic mass is 9.71. The van der Waals surface area contributed by atoms with Crippen molar-refractivity contribution in [3.63, 3.8) is 0 Å². The molecule has 0 bridgehead atoms. The van der Waals surface area contributed by atoms with Crippen LogP contribution in [0.3, 0.4) is 0 Å². The molecule has 3 heteroatoms. The fourth-order valence-corrected chi connectivity index (χ4v) is 9.43. The van der Waals surface area contributed by atoms with Crippen molar-refractivity contribution in [1.82, 2.24) is 0 Å². The van der Waals surface area contributed by atoms with Gasteiger partial charge >= 0.3 is 0 Å². The second-order valence-electron chi connectivity index (χ2n) is 10.3. The third kappa shape index (κ3) is 5.21. The molecule has 3 aromatic rings. The molecule has 0 heterocycles. The average Bonchev–Trinajstić information content (AvgIpc) is 2.89. The fraction of sp³-hybridized carbons (Fsp3) is 0.242. The van der Waals surface area contributed by atoms with Crippen LogP contribution in [0.2, 0.25) is 0 Å². The summed E-state index contributed by atoms with van der Waals surface area (Å²) in [6.45, 7) is 8.17. The second kappa shape index (κ2) is 10.9. The van der Waals surface area contributed by atoms with E-state index >= 15 is 0 Å². The Bertz CT molecular complexity index is 1190. The Morgan fingerprint density at radius 3 is 1.78 bits per heavy atom.